The Kier molecular flexibility index (Phi) is 4.82. The van der Waals surface area contributed by atoms with E-state index in [1.165, 1.54) is 29.2 Å². The zero-order valence-electron chi connectivity index (χ0n) is 14.3. The summed E-state index contributed by atoms with van der Waals surface area (Å²) >= 11 is 0. The van der Waals surface area contributed by atoms with Crippen molar-refractivity contribution in [1.82, 2.24) is 4.90 Å². The predicted octanol–water partition coefficient (Wildman–Crippen LogP) is 2.13. The van der Waals surface area contributed by atoms with Crippen molar-refractivity contribution in [3.63, 3.8) is 0 Å². The number of hydrogen-bond acceptors (Lipinski definition) is 4. The first-order valence-corrected chi connectivity index (χ1v) is 9.92. The highest BCUT2D eigenvalue weighted by Gasteiger charge is 2.34. The molecule has 0 spiro atoms. The van der Waals surface area contributed by atoms with Gasteiger partial charge in [0.2, 0.25) is 0 Å². The molecule has 2 aromatic rings. The van der Waals surface area contributed by atoms with E-state index in [-0.39, 0.29) is 29.2 Å². The van der Waals surface area contributed by atoms with Crippen molar-refractivity contribution in [2.75, 3.05) is 5.75 Å². The van der Waals surface area contributed by atoms with Crippen molar-refractivity contribution < 1.29 is 23.1 Å². The van der Waals surface area contributed by atoms with E-state index in [4.69, 9.17) is 0 Å². The van der Waals surface area contributed by atoms with Crippen LogP contribution in [0.5, 0.6) is 0 Å². The summed E-state index contributed by atoms with van der Waals surface area (Å²) in [7, 11) is -3.35. The number of carboxylic acid groups (broad SMARTS) is 1. The number of hydrogen-bond donors (Lipinski definition) is 1. The van der Waals surface area contributed by atoms with Gasteiger partial charge in [-0.25, -0.2) is 13.2 Å². The van der Waals surface area contributed by atoms with Crippen molar-refractivity contribution in [2.24, 2.45) is 0 Å². The summed E-state index contributed by atoms with van der Waals surface area (Å²) in [6.45, 7) is 1.76. The number of aliphatic carboxylic acids is 1. The highest BCUT2D eigenvalue weighted by molar-refractivity contribution is 7.91. The molecule has 0 fully saturated rings. The normalized spacial score (nSPS) is 16.8. The number of fused-ring (bicyclic) bond motifs is 1. The lowest BCUT2D eigenvalue weighted by Gasteiger charge is -2.34. The molecule has 1 atom stereocenters. The van der Waals surface area contributed by atoms with Crippen molar-refractivity contribution in [2.45, 2.75) is 30.8 Å². The minimum atomic E-state index is -3.35. The molecule has 7 heteroatoms. The van der Waals surface area contributed by atoms with Crippen LogP contribution in [-0.2, 0) is 27.6 Å². The molecule has 1 heterocycles. The first-order valence-electron chi connectivity index (χ1n) is 8.27. The molecule has 1 aliphatic rings. The fourth-order valence-electron chi connectivity index (χ4n) is 3.09. The molecule has 136 valence electrons. The largest absolute Gasteiger partial charge is 0.480 e. The summed E-state index contributed by atoms with van der Waals surface area (Å²) in [6, 6.07) is 12.2. The Hall–Kier alpha value is -2.67. The first-order chi connectivity index (χ1) is 12.3. The summed E-state index contributed by atoms with van der Waals surface area (Å²) in [4.78, 5) is 26.0. The average molecular weight is 373 g/mol. The van der Waals surface area contributed by atoms with Crippen molar-refractivity contribution in [1.29, 1.82) is 0 Å². The van der Waals surface area contributed by atoms with Crippen LogP contribution in [0.2, 0.25) is 0 Å². The number of nitrogens with zero attached hydrogens (tertiary/aromatic N) is 1. The predicted molar refractivity (Wildman–Crippen MR) is 95.6 cm³/mol. The maximum Gasteiger partial charge on any atom is 0.326 e. The third kappa shape index (κ3) is 3.35. The molecular weight excluding hydrogens is 354 g/mol. The lowest BCUT2D eigenvalue weighted by atomic mass is 9.93. The van der Waals surface area contributed by atoms with Crippen molar-refractivity contribution >= 4 is 21.7 Å². The molecule has 0 aliphatic carbocycles. The first kappa shape index (κ1) is 18.1. The minimum Gasteiger partial charge on any atom is -0.480 e. The SMILES string of the molecule is CCS(=O)(=O)c1ccc(C(=O)N2Cc3ccccc3C[C@H]2C(=O)O)cc1. The van der Waals surface area contributed by atoms with Crippen molar-refractivity contribution in [3.8, 4) is 0 Å². The molecule has 1 N–H and O–H groups in total. The summed E-state index contributed by atoms with van der Waals surface area (Å²) in [6.07, 6.45) is 0.250. The molecule has 0 radical (unpaired) electrons. The van der Waals surface area contributed by atoms with Crippen molar-refractivity contribution in [3.05, 3.63) is 65.2 Å². The van der Waals surface area contributed by atoms with Crippen LogP contribution in [0, 0.1) is 0 Å². The lowest BCUT2D eigenvalue weighted by Crippen LogP contribution is -2.48. The maximum absolute atomic E-state index is 12.9. The summed E-state index contributed by atoms with van der Waals surface area (Å²) in [5.74, 6) is -1.50. The van der Waals surface area contributed by atoms with E-state index < -0.39 is 27.8 Å². The molecule has 6 nitrogen and oxygen atoms in total. The topological polar surface area (TPSA) is 91.8 Å². The zero-order valence-corrected chi connectivity index (χ0v) is 15.1. The Morgan fingerprint density at radius 3 is 2.27 bits per heavy atom. The quantitative estimate of drug-likeness (QED) is 0.886. The van der Waals surface area contributed by atoms with E-state index in [9.17, 15) is 23.1 Å². The standard InChI is InChI=1S/C19H19NO5S/c1-2-26(24,25)16-9-7-13(8-10-16)18(21)20-12-15-6-4-3-5-14(15)11-17(20)19(22)23/h3-10,17H,2,11-12H2,1H3,(H,22,23)/t17-/m0/s1. The number of rotatable bonds is 4. The average Bonchev–Trinajstić information content (AvgIpc) is 2.66. The molecule has 0 bridgehead atoms. The Morgan fingerprint density at radius 1 is 1.08 bits per heavy atom. The van der Waals surface area contributed by atoms with Gasteiger partial charge < -0.3 is 10.0 Å². The van der Waals surface area contributed by atoms with Gasteiger partial charge in [0.1, 0.15) is 6.04 Å². The molecule has 0 saturated heterocycles. The third-order valence-electron chi connectivity index (χ3n) is 4.63. The number of carbonyl (C=O) groups is 2. The second kappa shape index (κ2) is 6.92. The van der Waals surface area contributed by atoms with Crippen LogP contribution in [0.25, 0.3) is 0 Å². The molecular formula is C19H19NO5S. The monoisotopic (exact) mass is 373 g/mol. The van der Waals surface area contributed by atoms with Crippen LogP contribution in [0.3, 0.4) is 0 Å². The van der Waals surface area contributed by atoms with E-state index in [0.29, 0.717) is 0 Å². The lowest BCUT2D eigenvalue weighted by molar-refractivity contribution is -0.142. The number of amides is 1. The van der Waals surface area contributed by atoms with Gasteiger partial charge in [-0.1, -0.05) is 31.2 Å². The Morgan fingerprint density at radius 2 is 1.69 bits per heavy atom. The van der Waals surface area contributed by atoms with Crippen LogP contribution in [0.15, 0.2) is 53.4 Å². The van der Waals surface area contributed by atoms with Gasteiger partial charge in [0.25, 0.3) is 5.91 Å². The Labute approximate surface area is 152 Å². The number of carbonyl (C=O) groups excluding carboxylic acids is 1. The fourth-order valence-corrected chi connectivity index (χ4v) is 3.98. The maximum atomic E-state index is 12.9. The van der Waals surface area contributed by atoms with E-state index >= 15 is 0 Å². The minimum absolute atomic E-state index is 0.0235. The molecule has 26 heavy (non-hydrogen) atoms. The second-order valence-electron chi connectivity index (χ2n) is 6.19. The molecule has 2 aromatic carbocycles. The van der Waals surface area contributed by atoms with E-state index in [2.05, 4.69) is 0 Å². The number of sulfone groups is 1. The van der Waals surface area contributed by atoms with Gasteiger partial charge in [-0.3, -0.25) is 4.79 Å². The summed E-state index contributed by atoms with van der Waals surface area (Å²) in [5.41, 5.74) is 2.11. The van der Waals surface area contributed by atoms with Crippen LogP contribution < -0.4 is 0 Å². The smallest absolute Gasteiger partial charge is 0.326 e. The number of carboxylic acids is 1. The molecule has 0 unspecified atom stereocenters. The van der Waals surface area contributed by atoms with Crippen LogP contribution in [-0.4, -0.2) is 42.1 Å². The Balaban J connectivity index is 1.92. The van der Waals surface area contributed by atoms with Gasteiger partial charge in [0.05, 0.1) is 10.6 Å². The van der Waals surface area contributed by atoms with E-state index in [0.717, 1.165) is 11.1 Å². The van der Waals surface area contributed by atoms with Gasteiger partial charge in [0, 0.05) is 18.5 Å². The number of benzene rings is 2. The molecule has 0 saturated carbocycles. The second-order valence-corrected chi connectivity index (χ2v) is 8.47. The molecule has 0 aromatic heterocycles. The van der Waals surface area contributed by atoms with Gasteiger partial charge in [-0.2, -0.15) is 0 Å². The third-order valence-corrected chi connectivity index (χ3v) is 6.39. The van der Waals surface area contributed by atoms with Gasteiger partial charge in [-0.05, 0) is 35.4 Å². The molecule has 3 rings (SSSR count). The zero-order chi connectivity index (χ0) is 18.9. The van der Waals surface area contributed by atoms with E-state index in [1.807, 2.05) is 24.3 Å². The molecule has 1 amide bonds. The van der Waals surface area contributed by atoms with Gasteiger partial charge in [-0.15, -0.1) is 0 Å². The summed E-state index contributed by atoms with van der Waals surface area (Å²) < 4.78 is 23.8. The highest BCUT2D eigenvalue weighted by atomic mass is 32.2. The van der Waals surface area contributed by atoms with Crippen LogP contribution in [0.1, 0.15) is 28.4 Å². The summed E-state index contributed by atoms with van der Waals surface area (Å²) in [5, 5.41) is 9.54. The van der Waals surface area contributed by atoms with Crippen LogP contribution >= 0.6 is 0 Å². The van der Waals surface area contributed by atoms with E-state index in [1.54, 1.807) is 6.92 Å². The van der Waals surface area contributed by atoms with Gasteiger partial charge in [0.15, 0.2) is 9.84 Å². The fraction of sp³-hybridized carbons (Fsp3) is 0.263. The Bertz CT molecular complexity index is 950. The van der Waals surface area contributed by atoms with Crippen LogP contribution in [0.4, 0.5) is 0 Å². The highest BCUT2D eigenvalue weighted by Crippen LogP contribution is 2.25. The van der Waals surface area contributed by atoms with Gasteiger partial charge >= 0.3 is 5.97 Å². The molecule has 1 aliphatic heterocycles.